The highest BCUT2D eigenvalue weighted by atomic mass is 16.1. The highest BCUT2D eigenvalue weighted by molar-refractivity contribution is 5.79. The standard InChI is InChI=1S/C16H24N2O/c1-16(2,10-17)11-18-15(19)14-8-7-12-5-3-4-6-13(12)9-14/h3-6,14H,7-11,17H2,1-2H3,(H,18,19). The Balaban J connectivity index is 1.92. The first-order chi connectivity index (χ1) is 9.02. The molecule has 19 heavy (non-hydrogen) atoms. The smallest absolute Gasteiger partial charge is 0.223 e. The Morgan fingerprint density at radius 1 is 1.37 bits per heavy atom. The largest absolute Gasteiger partial charge is 0.355 e. The number of amides is 1. The van der Waals surface area contributed by atoms with Gasteiger partial charge in [0, 0.05) is 12.5 Å². The first-order valence-electron chi connectivity index (χ1n) is 7.06. The maximum atomic E-state index is 12.2. The maximum absolute atomic E-state index is 12.2. The zero-order valence-electron chi connectivity index (χ0n) is 11.9. The number of carbonyl (C=O) groups excluding carboxylic acids is 1. The van der Waals surface area contributed by atoms with Gasteiger partial charge in [0.05, 0.1) is 0 Å². The van der Waals surface area contributed by atoms with Crippen LogP contribution in [0.4, 0.5) is 0 Å². The van der Waals surface area contributed by atoms with E-state index in [1.807, 2.05) is 0 Å². The van der Waals surface area contributed by atoms with Gasteiger partial charge in [-0.3, -0.25) is 4.79 Å². The van der Waals surface area contributed by atoms with Crippen LogP contribution < -0.4 is 11.1 Å². The number of benzene rings is 1. The molecular formula is C16H24N2O. The van der Waals surface area contributed by atoms with Crippen LogP contribution in [0.2, 0.25) is 0 Å². The molecule has 1 atom stereocenters. The first-order valence-corrected chi connectivity index (χ1v) is 7.06. The number of nitrogens with one attached hydrogen (secondary N) is 1. The summed E-state index contributed by atoms with van der Waals surface area (Å²) in [7, 11) is 0. The molecule has 1 amide bonds. The second-order valence-corrected chi connectivity index (χ2v) is 6.29. The summed E-state index contributed by atoms with van der Waals surface area (Å²) in [6, 6.07) is 8.43. The van der Waals surface area contributed by atoms with Gasteiger partial charge in [0.2, 0.25) is 5.91 Å². The van der Waals surface area contributed by atoms with Crippen LogP contribution in [0.3, 0.4) is 0 Å². The van der Waals surface area contributed by atoms with Gasteiger partial charge in [-0.15, -0.1) is 0 Å². The molecule has 0 spiro atoms. The highest BCUT2D eigenvalue weighted by Gasteiger charge is 2.25. The molecule has 0 aromatic heterocycles. The topological polar surface area (TPSA) is 55.1 Å². The summed E-state index contributed by atoms with van der Waals surface area (Å²) >= 11 is 0. The van der Waals surface area contributed by atoms with Gasteiger partial charge in [-0.2, -0.15) is 0 Å². The van der Waals surface area contributed by atoms with Crippen molar-refractivity contribution >= 4 is 5.91 Å². The lowest BCUT2D eigenvalue weighted by molar-refractivity contribution is -0.125. The van der Waals surface area contributed by atoms with Crippen LogP contribution in [0.1, 0.15) is 31.4 Å². The number of hydrogen-bond donors (Lipinski definition) is 2. The Bertz CT molecular complexity index is 454. The number of fused-ring (bicyclic) bond motifs is 1. The molecule has 3 N–H and O–H groups in total. The summed E-state index contributed by atoms with van der Waals surface area (Å²) in [5.74, 6) is 0.291. The van der Waals surface area contributed by atoms with Gasteiger partial charge >= 0.3 is 0 Å². The number of rotatable bonds is 4. The molecule has 1 aliphatic rings. The van der Waals surface area contributed by atoms with Gasteiger partial charge in [-0.25, -0.2) is 0 Å². The van der Waals surface area contributed by atoms with Crippen molar-refractivity contribution in [1.29, 1.82) is 0 Å². The monoisotopic (exact) mass is 260 g/mol. The molecule has 1 aromatic rings. The van der Waals surface area contributed by atoms with Gasteiger partial charge in [-0.05, 0) is 42.3 Å². The van der Waals surface area contributed by atoms with Crippen molar-refractivity contribution in [3.8, 4) is 0 Å². The van der Waals surface area contributed by atoms with E-state index < -0.39 is 0 Å². The van der Waals surface area contributed by atoms with Crippen molar-refractivity contribution in [2.24, 2.45) is 17.1 Å². The average molecular weight is 260 g/mol. The maximum Gasteiger partial charge on any atom is 0.223 e. The van der Waals surface area contributed by atoms with E-state index in [-0.39, 0.29) is 17.2 Å². The Morgan fingerprint density at radius 3 is 2.74 bits per heavy atom. The predicted octanol–water partition coefficient (Wildman–Crippen LogP) is 1.89. The third kappa shape index (κ3) is 3.57. The van der Waals surface area contributed by atoms with Crippen LogP contribution in [0.25, 0.3) is 0 Å². The molecule has 104 valence electrons. The molecule has 2 rings (SSSR count). The van der Waals surface area contributed by atoms with Crippen molar-refractivity contribution in [2.75, 3.05) is 13.1 Å². The third-order valence-electron chi connectivity index (χ3n) is 4.01. The SMILES string of the molecule is CC(C)(CN)CNC(=O)C1CCc2ccccc2C1. The van der Waals surface area contributed by atoms with E-state index in [1.54, 1.807) is 0 Å². The van der Waals surface area contributed by atoms with Crippen LogP contribution in [0.15, 0.2) is 24.3 Å². The molecule has 1 unspecified atom stereocenters. The normalized spacial score (nSPS) is 18.8. The summed E-state index contributed by atoms with van der Waals surface area (Å²) < 4.78 is 0. The molecule has 0 heterocycles. The van der Waals surface area contributed by atoms with Crippen LogP contribution >= 0.6 is 0 Å². The Kier molecular flexibility index (Phi) is 4.25. The minimum Gasteiger partial charge on any atom is -0.355 e. The van der Waals surface area contributed by atoms with Gasteiger partial charge in [-0.1, -0.05) is 38.1 Å². The minimum absolute atomic E-state index is 0.0256. The van der Waals surface area contributed by atoms with E-state index in [0.29, 0.717) is 13.1 Å². The molecule has 0 saturated heterocycles. The summed E-state index contributed by atoms with van der Waals surface area (Å²) in [4.78, 5) is 12.2. The number of carbonyl (C=O) groups is 1. The Morgan fingerprint density at radius 2 is 2.05 bits per heavy atom. The molecule has 0 fully saturated rings. The molecule has 3 heteroatoms. The van der Waals surface area contributed by atoms with Gasteiger partial charge in [0.1, 0.15) is 0 Å². The van der Waals surface area contributed by atoms with E-state index in [1.165, 1.54) is 11.1 Å². The van der Waals surface area contributed by atoms with Crippen molar-refractivity contribution in [1.82, 2.24) is 5.32 Å². The quantitative estimate of drug-likeness (QED) is 0.868. The molecule has 0 saturated carbocycles. The van der Waals surface area contributed by atoms with Crippen LogP contribution in [-0.2, 0) is 17.6 Å². The molecule has 0 aliphatic heterocycles. The molecular weight excluding hydrogens is 236 g/mol. The lowest BCUT2D eigenvalue weighted by atomic mass is 9.83. The summed E-state index contributed by atoms with van der Waals surface area (Å²) in [5, 5.41) is 3.06. The fourth-order valence-electron chi connectivity index (χ4n) is 2.46. The van der Waals surface area contributed by atoms with E-state index in [0.717, 1.165) is 19.3 Å². The van der Waals surface area contributed by atoms with E-state index in [9.17, 15) is 4.79 Å². The van der Waals surface area contributed by atoms with Crippen LogP contribution in [0.5, 0.6) is 0 Å². The summed E-state index contributed by atoms with van der Waals surface area (Å²) in [6.07, 6.45) is 2.82. The molecule has 1 aromatic carbocycles. The second-order valence-electron chi connectivity index (χ2n) is 6.29. The minimum atomic E-state index is -0.0256. The zero-order valence-corrected chi connectivity index (χ0v) is 11.9. The van der Waals surface area contributed by atoms with E-state index >= 15 is 0 Å². The Labute approximate surface area is 115 Å². The molecule has 3 nitrogen and oxygen atoms in total. The van der Waals surface area contributed by atoms with Crippen molar-refractivity contribution < 1.29 is 4.79 Å². The van der Waals surface area contributed by atoms with Gasteiger partial charge in [0.25, 0.3) is 0 Å². The van der Waals surface area contributed by atoms with E-state index in [2.05, 4.69) is 43.4 Å². The lowest BCUT2D eigenvalue weighted by Crippen LogP contribution is -2.42. The van der Waals surface area contributed by atoms with Crippen molar-refractivity contribution in [3.05, 3.63) is 35.4 Å². The lowest BCUT2D eigenvalue weighted by Gasteiger charge is -2.27. The second kappa shape index (κ2) is 5.74. The van der Waals surface area contributed by atoms with E-state index in [4.69, 9.17) is 5.73 Å². The van der Waals surface area contributed by atoms with Crippen LogP contribution in [0, 0.1) is 11.3 Å². The fourth-order valence-corrected chi connectivity index (χ4v) is 2.46. The van der Waals surface area contributed by atoms with Crippen molar-refractivity contribution in [2.45, 2.75) is 33.1 Å². The Hall–Kier alpha value is -1.35. The zero-order chi connectivity index (χ0) is 13.9. The molecule has 0 bridgehead atoms. The summed E-state index contributed by atoms with van der Waals surface area (Å²) in [6.45, 7) is 5.38. The molecule has 0 radical (unpaired) electrons. The van der Waals surface area contributed by atoms with Gasteiger partial charge in [0.15, 0.2) is 0 Å². The average Bonchev–Trinajstić information content (AvgIpc) is 2.44. The number of nitrogens with two attached hydrogens (primary N) is 1. The fraction of sp³-hybridized carbons (Fsp3) is 0.562. The first kappa shape index (κ1) is 14.1. The highest BCUT2D eigenvalue weighted by Crippen LogP contribution is 2.25. The van der Waals surface area contributed by atoms with Crippen LogP contribution in [-0.4, -0.2) is 19.0 Å². The number of hydrogen-bond acceptors (Lipinski definition) is 2. The van der Waals surface area contributed by atoms with Crippen molar-refractivity contribution in [3.63, 3.8) is 0 Å². The predicted molar refractivity (Wildman–Crippen MR) is 77.8 cm³/mol. The molecule has 1 aliphatic carbocycles. The third-order valence-corrected chi connectivity index (χ3v) is 4.01. The summed E-state index contributed by atoms with van der Waals surface area (Å²) in [5.41, 5.74) is 8.38. The number of aryl methyl sites for hydroxylation is 1. The van der Waals surface area contributed by atoms with Gasteiger partial charge < -0.3 is 11.1 Å².